The number of rotatable bonds is 4. The molecule has 30 heavy (non-hydrogen) atoms. The van der Waals surface area contributed by atoms with E-state index >= 15 is 0 Å². The fourth-order valence-electron chi connectivity index (χ4n) is 4.66. The molecule has 0 aliphatic carbocycles. The zero-order valence-electron chi connectivity index (χ0n) is 16.2. The van der Waals surface area contributed by atoms with Crippen LogP contribution in [0.3, 0.4) is 0 Å². The number of imide groups is 1. The van der Waals surface area contributed by atoms with Crippen molar-refractivity contribution in [3.8, 4) is 5.75 Å². The summed E-state index contributed by atoms with van der Waals surface area (Å²) in [6.45, 7) is 0. The normalized spacial score (nSPS) is 26.7. The van der Waals surface area contributed by atoms with Crippen molar-refractivity contribution in [3.05, 3.63) is 72.3 Å². The summed E-state index contributed by atoms with van der Waals surface area (Å²) in [5.74, 6) is -2.03. The number of anilines is 1. The van der Waals surface area contributed by atoms with Crippen molar-refractivity contribution >= 4 is 29.5 Å². The Labute approximate surface area is 173 Å². The smallest absolute Gasteiger partial charge is 0.240 e. The van der Waals surface area contributed by atoms with E-state index in [4.69, 9.17) is 4.74 Å². The predicted octanol–water partition coefficient (Wildman–Crippen LogP) is 2.29. The van der Waals surface area contributed by atoms with Crippen LogP contribution in [0.25, 0.3) is 0 Å². The first-order valence-electron chi connectivity index (χ1n) is 9.72. The lowest BCUT2D eigenvalue weighted by Crippen LogP contribution is -2.46. The molecule has 5 rings (SSSR count). The van der Waals surface area contributed by atoms with E-state index in [9.17, 15) is 14.4 Å². The highest BCUT2D eigenvalue weighted by atomic mass is 16.5. The maximum atomic E-state index is 13.6. The van der Waals surface area contributed by atoms with Crippen molar-refractivity contribution in [1.29, 1.82) is 0 Å². The molecule has 0 radical (unpaired) electrons. The Morgan fingerprint density at radius 3 is 2.43 bits per heavy atom. The van der Waals surface area contributed by atoms with E-state index in [0.29, 0.717) is 17.0 Å². The number of benzene rings is 2. The van der Waals surface area contributed by atoms with Crippen molar-refractivity contribution in [2.24, 2.45) is 16.9 Å². The lowest BCUT2D eigenvalue weighted by atomic mass is 9.86. The zero-order valence-corrected chi connectivity index (χ0v) is 16.2. The maximum absolute atomic E-state index is 13.6. The molecule has 150 valence electrons. The van der Waals surface area contributed by atoms with Gasteiger partial charge in [-0.25, -0.2) is 4.90 Å². The van der Waals surface area contributed by atoms with E-state index in [2.05, 4.69) is 5.10 Å². The van der Waals surface area contributed by atoms with Gasteiger partial charge >= 0.3 is 0 Å². The Morgan fingerprint density at radius 2 is 1.67 bits per heavy atom. The van der Waals surface area contributed by atoms with E-state index in [1.807, 2.05) is 12.1 Å². The molecule has 3 heterocycles. The molecule has 4 atom stereocenters. The summed E-state index contributed by atoms with van der Waals surface area (Å²) in [4.78, 5) is 41.6. The molecule has 3 aliphatic rings. The maximum Gasteiger partial charge on any atom is 0.240 e. The second-order valence-corrected chi connectivity index (χ2v) is 7.43. The second-order valence-electron chi connectivity index (χ2n) is 7.43. The molecule has 7 nitrogen and oxygen atoms in total. The monoisotopic (exact) mass is 401 g/mol. The van der Waals surface area contributed by atoms with Gasteiger partial charge in [-0.3, -0.25) is 19.4 Å². The number of hydrogen-bond donors (Lipinski definition) is 0. The number of carbonyl (C=O) groups excluding carboxylic acids is 3. The second kappa shape index (κ2) is 6.95. The van der Waals surface area contributed by atoms with Crippen LogP contribution in [0.4, 0.5) is 5.69 Å². The highest BCUT2D eigenvalue weighted by Gasteiger charge is 2.64. The van der Waals surface area contributed by atoms with Gasteiger partial charge in [0.2, 0.25) is 11.8 Å². The molecule has 0 N–H and O–H groups in total. The Bertz CT molecular complexity index is 1090. The van der Waals surface area contributed by atoms with Gasteiger partial charge in [0, 0.05) is 11.8 Å². The molecule has 0 aromatic heterocycles. The Balaban J connectivity index is 1.60. The minimum atomic E-state index is -0.847. The van der Waals surface area contributed by atoms with E-state index in [1.54, 1.807) is 65.8 Å². The lowest BCUT2D eigenvalue weighted by Gasteiger charge is -2.30. The number of fused-ring (bicyclic) bond motifs is 3. The van der Waals surface area contributed by atoms with Crippen LogP contribution in [-0.4, -0.2) is 48.0 Å². The largest absolute Gasteiger partial charge is 0.495 e. The number of hydrogen-bond acceptors (Lipinski definition) is 6. The number of hydrazone groups is 1. The van der Waals surface area contributed by atoms with Gasteiger partial charge in [0.1, 0.15) is 11.8 Å². The standard InChI is InChI=1S/C23H19N3O4/c1-30-17-12-6-5-10-15(17)25-22(28)18-16-11-7-13-24-26(16)20(19(18)23(25)29)21(27)14-8-3-2-4-9-14/h2-13,16,18-20H,1H3/t16-,18+,19+,20-/m0/s1. The minimum absolute atomic E-state index is 0.219. The summed E-state index contributed by atoms with van der Waals surface area (Å²) in [5, 5.41) is 5.97. The van der Waals surface area contributed by atoms with Crippen LogP contribution in [0.15, 0.2) is 71.9 Å². The van der Waals surface area contributed by atoms with Crippen molar-refractivity contribution in [2.75, 3.05) is 12.0 Å². The summed E-state index contributed by atoms with van der Waals surface area (Å²) in [6.07, 6.45) is 5.16. The zero-order chi connectivity index (χ0) is 20.8. The molecular weight excluding hydrogens is 382 g/mol. The Kier molecular flexibility index (Phi) is 4.24. The van der Waals surface area contributed by atoms with Gasteiger partial charge in [0.05, 0.1) is 30.7 Å². The van der Waals surface area contributed by atoms with Crippen LogP contribution in [0.5, 0.6) is 5.75 Å². The van der Waals surface area contributed by atoms with E-state index in [0.717, 1.165) is 0 Å². The van der Waals surface area contributed by atoms with Gasteiger partial charge in [-0.15, -0.1) is 0 Å². The summed E-state index contributed by atoms with van der Waals surface area (Å²) in [5.41, 5.74) is 0.882. The van der Waals surface area contributed by atoms with Crippen molar-refractivity contribution in [1.82, 2.24) is 5.01 Å². The molecule has 2 saturated heterocycles. The van der Waals surface area contributed by atoms with Crippen LogP contribution < -0.4 is 9.64 Å². The van der Waals surface area contributed by atoms with Gasteiger partial charge < -0.3 is 4.74 Å². The number of carbonyl (C=O) groups is 3. The number of ether oxygens (including phenoxy) is 1. The molecular formula is C23H19N3O4. The van der Waals surface area contributed by atoms with Crippen molar-refractivity contribution in [2.45, 2.75) is 12.1 Å². The number of Topliss-reactive ketones (excluding diaryl/α,β-unsaturated/α-hetero) is 1. The van der Waals surface area contributed by atoms with Crippen molar-refractivity contribution in [3.63, 3.8) is 0 Å². The van der Waals surface area contributed by atoms with Gasteiger partial charge in [-0.1, -0.05) is 48.5 Å². The third-order valence-electron chi connectivity index (χ3n) is 5.94. The molecule has 2 aromatic rings. The van der Waals surface area contributed by atoms with Crippen LogP contribution in [0.2, 0.25) is 0 Å². The Morgan fingerprint density at radius 1 is 0.967 bits per heavy atom. The fraction of sp³-hybridized carbons (Fsp3) is 0.217. The fourth-order valence-corrected chi connectivity index (χ4v) is 4.66. The van der Waals surface area contributed by atoms with Gasteiger partial charge in [0.15, 0.2) is 5.78 Å². The molecule has 7 heteroatoms. The molecule has 0 bridgehead atoms. The highest BCUT2D eigenvalue weighted by Crippen LogP contribution is 2.47. The minimum Gasteiger partial charge on any atom is -0.495 e. The first-order valence-corrected chi connectivity index (χ1v) is 9.72. The highest BCUT2D eigenvalue weighted by molar-refractivity contribution is 6.25. The molecule has 0 spiro atoms. The number of para-hydroxylation sites is 2. The predicted molar refractivity (Wildman–Crippen MR) is 110 cm³/mol. The number of allylic oxidation sites excluding steroid dienone is 1. The molecule has 3 aliphatic heterocycles. The van der Waals surface area contributed by atoms with Crippen molar-refractivity contribution < 1.29 is 19.1 Å². The lowest BCUT2D eigenvalue weighted by molar-refractivity contribution is -0.123. The van der Waals surface area contributed by atoms with E-state index in [-0.39, 0.29) is 11.7 Å². The van der Waals surface area contributed by atoms with Gasteiger partial charge in [0.25, 0.3) is 0 Å². The van der Waals surface area contributed by atoms with Gasteiger partial charge in [-0.2, -0.15) is 5.10 Å². The summed E-state index contributed by atoms with van der Waals surface area (Å²) in [7, 11) is 1.49. The summed E-state index contributed by atoms with van der Waals surface area (Å²) >= 11 is 0. The van der Waals surface area contributed by atoms with Crippen LogP contribution >= 0.6 is 0 Å². The summed E-state index contributed by atoms with van der Waals surface area (Å²) < 4.78 is 5.37. The van der Waals surface area contributed by atoms with Crippen LogP contribution in [-0.2, 0) is 9.59 Å². The first kappa shape index (κ1) is 18.3. The number of amides is 2. The SMILES string of the molecule is COc1ccccc1N1C(=O)[C@@H]2[C@H](C1=O)[C@@H]1C=CC=NN1[C@@H]2C(=O)c1ccccc1. The average molecular weight is 401 g/mol. The number of ketones is 1. The quantitative estimate of drug-likeness (QED) is 0.580. The molecule has 2 aromatic carbocycles. The number of methoxy groups -OCH3 is 1. The average Bonchev–Trinajstić information content (AvgIpc) is 3.26. The summed E-state index contributed by atoms with van der Waals surface area (Å²) in [6, 6.07) is 14.4. The molecule has 2 amide bonds. The van der Waals surface area contributed by atoms with Crippen LogP contribution in [0.1, 0.15) is 10.4 Å². The van der Waals surface area contributed by atoms with E-state index in [1.165, 1.54) is 12.0 Å². The Hall–Kier alpha value is -3.74. The topological polar surface area (TPSA) is 79.3 Å². The van der Waals surface area contributed by atoms with E-state index < -0.39 is 29.8 Å². The number of nitrogens with zero attached hydrogens (tertiary/aromatic N) is 3. The molecule has 0 unspecified atom stereocenters. The third-order valence-corrected chi connectivity index (χ3v) is 5.94. The third kappa shape index (κ3) is 2.51. The van der Waals surface area contributed by atoms with Gasteiger partial charge in [-0.05, 0) is 18.2 Å². The first-order chi connectivity index (χ1) is 14.6. The molecule has 2 fully saturated rings. The van der Waals surface area contributed by atoms with Crippen LogP contribution in [0, 0.1) is 11.8 Å². The molecule has 0 saturated carbocycles.